The molecule has 128 valence electrons. The summed E-state index contributed by atoms with van der Waals surface area (Å²) in [5.41, 5.74) is 6.30. The number of hydrogen-bond donors (Lipinski definition) is 1. The molecule has 0 bridgehead atoms. The van der Waals surface area contributed by atoms with Crippen molar-refractivity contribution in [3.63, 3.8) is 0 Å². The lowest BCUT2D eigenvalue weighted by Gasteiger charge is -2.26. The van der Waals surface area contributed by atoms with Crippen molar-refractivity contribution in [3.8, 4) is 0 Å². The molecule has 1 unspecified atom stereocenters. The van der Waals surface area contributed by atoms with Crippen molar-refractivity contribution in [3.05, 3.63) is 0 Å². The number of rotatable bonds is 14. The van der Waals surface area contributed by atoms with E-state index in [1.165, 1.54) is 64.2 Å². The van der Waals surface area contributed by atoms with E-state index in [1.54, 1.807) is 0 Å². The van der Waals surface area contributed by atoms with Crippen LogP contribution in [0.4, 0.5) is 0 Å². The second-order valence-corrected chi connectivity index (χ2v) is 7.56. The van der Waals surface area contributed by atoms with Gasteiger partial charge in [0.05, 0.1) is 0 Å². The SMILES string of the molecule is CCCCCCCCCCCCOCCC(N)C(C)(C)C. The van der Waals surface area contributed by atoms with E-state index in [1.807, 2.05) is 0 Å². The third-order valence-electron chi connectivity index (χ3n) is 4.33. The fourth-order valence-corrected chi connectivity index (χ4v) is 2.44. The van der Waals surface area contributed by atoms with E-state index in [0.29, 0.717) is 0 Å². The van der Waals surface area contributed by atoms with Crippen LogP contribution < -0.4 is 5.73 Å². The second-order valence-electron chi connectivity index (χ2n) is 7.56. The maximum atomic E-state index is 6.11. The summed E-state index contributed by atoms with van der Waals surface area (Å²) in [6.07, 6.45) is 14.8. The van der Waals surface area contributed by atoms with Crippen molar-refractivity contribution in [2.45, 2.75) is 104 Å². The van der Waals surface area contributed by atoms with Crippen LogP contribution in [0.25, 0.3) is 0 Å². The quantitative estimate of drug-likeness (QED) is 0.418. The monoisotopic (exact) mass is 299 g/mol. The minimum Gasteiger partial charge on any atom is -0.381 e. The zero-order chi connectivity index (χ0) is 16.0. The first-order valence-corrected chi connectivity index (χ1v) is 9.31. The molecule has 0 rings (SSSR count). The molecule has 0 heterocycles. The number of hydrogen-bond acceptors (Lipinski definition) is 2. The van der Waals surface area contributed by atoms with Gasteiger partial charge in [-0.1, -0.05) is 85.5 Å². The van der Waals surface area contributed by atoms with E-state index >= 15 is 0 Å². The standard InChI is InChI=1S/C19H41NO/c1-5-6-7-8-9-10-11-12-13-14-16-21-17-15-18(20)19(2,3)4/h18H,5-17,20H2,1-4H3. The largest absolute Gasteiger partial charge is 0.381 e. The summed E-state index contributed by atoms with van der Waals surface area (Å²) >= 11 is 0. The molecule has 0 saturated carbocycles. The van der Waals surface area contributed by atoms with E-state index in [2.05, 4.69) is 27.7 Å². The molecule has 2 N–H and O–H groups in total. The highest BCUT2D eigenvalue weighted by atomic mass is 16.5. The fourth-order valence-electron chi connectivity index (χ4n) is 2.44. The van der Waals surface area contributed by atoms with Crippen LogP contribution in [0.1, 0.15) is 98.3 Å². The molecule has 0 saturated heterocycles. The molecule has 0 aromatic carbocycles. The van der Waals surface area contributed by atoms with Crippen LogP contribution >= 0.6 is 0 Å². The van der Waals surface area contributed by atoms with Crippen molar-refractivity contribution in [1.82, 2.24) is 0 Å². The first-order valence-electron chi connectivity index (χ1n) is 9.31. The van der Waals surface area contributed by atoms with Crippen LogP contribution in [-0.4, -0.2) is 19.3 Å². The summed E-state index contributed by atoms with van der Waals surface area (Å²) in [4.78, 5) is 0. The van der Waals surface area contributed by atoms with E-state index in [4.69, 9.17) is 10.5 Å². The van der Waals surface area contributed by atoms with Gasteiger partial charge in [-0.3, -0.25) is 0 Å². The van der Waals surface area contributed by atoms with E-state index in [9.17, 15) is 0 Å². The predicted molar refractivity (Wildman–Crippen MR) is 94.7 cm³/mol. The third kappa shape index (κ3) is 14.6. The molecule has 0 radical (unpaired) electrons. The van der Waals surface area contributed by atoms with Gasteiger partial charge in [0, 0.05) is 19.3 Å². The molecular weight excluding hydrogens is 258 g/mol. The summed E-state index contributed by atoms with van der Waals surface area (Å²) in [5.74, 6) is 0. The van der Waals surface area contributed by atoms with E-state index in [-0.39, 0.29) is 11.5 Å². The molecule has 0 spiro atoms. The zero-order valence-electron chi connectivity index (χ0n) is 15.3. The van der Waals surface area contributed by atoms with Crippen molar-refractivity contribution in [2.24, 2.45) is 11.1 Å². The Morgan fingerprint density at radius 3 is 1.71 bits per heavy atom. The van der Waals surface area contributed by atoms with Crippen LogP contribution in [0.2, 0.25) is 0 Å². The minimum absolute atomic E-state index is 0.195. The van der Waals surface area contributed by atoms with Crippen LogP contribution in [0.5, 0.6) is 0 Å². The Balaban J connectivity index is 3.13. The van der Waals surface area contributed by atoms with Crippen molar-refractivity contribution in [2.75, 3.05) is 13.2 Å². The Bertz CT molecular complexity index is 210. The molecule has 0 fully saturated rings. The predicted octanol–water partition coefficient (Wildman–Crippen LogP) is 5.69. The van der Waals surface area contributed by atoms with Crippen molar-refractivity contribution >= 4 is 0 Å². The Hall–Kier alpha value is -0.0800. The topological polar surface area (TPSA) is 35.2 Å². The average Bonchev–Trinajstić information content (AvgIpc) is 2.42. The summed E-state index contributed by atoms with van der Waals surface area (Å²) in [5, 5.41) is 0. The smallest absolute Gasteiger partial charge is 0.0480 e. The summed E-state index contributed by atoms with van der Waals surface area (Å²) in [7, 11) is 0. The lowest BCUT2D eigenvalue weighted by molar-refractivity contribution is 0.112. The van der Waals surface area contributed by atoms with Crippen LogP contribution in [0, 0.1) is 5.41 Å². The molecule has 1 atom stereocenters. The van der Waals surface area contributed by atoms with Gasteiger partial charge in [0.15, 0.2) is 0 Å². The van der Waals surface area contributed by atoms with E-state index < -0.39 is 0 Å². The molecule has 0 aromatic rings. The Kier molecular flexibility index (Phi) is 13.5. The van der Waals surface area contributed by atoms with Gasteiger partial charge in [0.1, 0.15) is 0 Å². The fraction of sp³-hybridized carbons (Fsp3) is 1.00. The van der Waals surface area contributed by atoms with Crippen molar-refractivity contribution < 1.29 is 4.74 Å². The summed E-state index contributed by atoms with van der Waals surface area (Å²) in [6, 6.07) is 0.241. The van der Waals surface area contributed by atoms with Gasteiger partial charge in [-0.25, -0.2) is 0 Å². The maximum Gasteiger partial charge on any atom is 0.0480 e. The van der Waals surface area contributed by atoms with Gasteiger partial charge in [0.25, 0.3) is 0 Å². The molecule has 0 aliphatic carbocycles. The van der Waals surface area contributed by atoms with Gasteiger partial charge in [-0.2, -0.15) is 0 Å². The molecule has 0 aromatic heterocycles. The highest BCUT2D eigenvalue weighted by molar-refractivity contribution is 4.76. The number of nitrogens with two attached hydrogens (primary N) is 1. The third-order valence-corrected chi connectivity index (χ3v) is 4.33. The lowest BCUT2D eigenvalue weighted by Crippen LogP contribution is -2.35. The average molecular weight is 300 g/mol. The normalized spacial score (nSPS) is 13.6. The van der Waals surface area contributed by atoms with Gasteiger partial charge >= 0.3 is 0 Å². The van der Waals surface area contributed by atoms with Gasteiger partial charge in [0.2, 0.25) is 0 Å². The molecule has 0 aliphatic heterocycles. The first kappa shape index (κ1) is 20.9. The zero-order valence-corrected chi connectivity index (χ0v) is 15.3. The highest BCUT2D eigenvalue weighted by Crippen LogP contribution is 2.19. The van der Waals surface area contributed by atoms with Crippen molar-refractivity contribution in [1.29, 1.82) is 0 Å². The maximum absolute atomic E-state index is 6.11. The molecular formula is C19H41NO. The van der Waals surface area contributed by atoms with E-state index in [0.717, 1.165) is 19.6 Å². The highest BCUT2D eigenvalue weighted by Gasteiger charge is 2.19. The van der Waals surface area contributed by atoms with Crippen LogP contribution in [0.15, 0.2) is 0 Å². The molecule has 21 heavy (non-hydrogen) atoms. The first-order chi connectivity index (χ1) is 9.98. The number of ether oxygens (including phenoxy) is 1. The van der Waals surface area contributed by atoms with Gasteiger partial charge < -0.3 is 10.5 Å². The van der Waals surface area contributed by atoms with Crippen LogP contribution in [-0.2, 0) is 4.74 Å². The minimum atomic E-state index is 0.195. The molecule has 2 nitrogen and oxygen atoms in total. The van der Waals surface area contributed by atoms with Gasteiger partial charge in [-0.15, -0.1) is 0 Å². The Morgan fingerprint density at radius 1 is 0.762 bits per heavy atom. The van der Waals surface area contributed by atoms with Gasteiger partial charge in [-0.05, 0) is 18.3 Å². The second kappa shape index (κ2) is 13.6. The molecule has 0 aliphatic rings. The van der Waals surface area contributed by atoms with Crippen LogP contribution in [0.3, 0.4) is 0 Å². The Labute approximate surface area is 134 Å². The number of unbranched alkanes of at least 4 members (excludes halogenated alkanes) is 9. The molecule has 2 heteroatoms. The Morgan fingerprint density at radius 2 is 1.24 bits per heavy atom. The summed E-state index contributed by atoms with van der Waals surface area (Å²) < 4.78 is 5.69. The lowest BCUT2D eigenvalue weighted by atomic mass is 9.86. The summed E-state index contributed by atoms with van der Waals surface area (Å²) in [6.45, 7) is 10.6. The molecule has 0 amide bonds.